The molecule has 0 aromatic carbocycles. The second kappa shape index (κ2) is 5.68. The highest BCUT2D eigenvalue weighted by molar-refractivity contribution is 9.10. The van der Waals surface area contributed by atoms with Crippen molar-refractivity contribution >= 4 is 33.6 Å². The maximum Gasteiger partial charge on any atom is 0.253 e. The molecule has 0 saturated carbocycles. The van der Waals surface area contributed by atoms with Crippen LogP contribution in [0.5, 0.6) is 0 Å². The molecule has 1 N–H and O–H groups in total. The van der Waals surface area contributed by atoms with Gasteiger partial charge in [-0.25, -0.2) is 4.98 Å². The molecule has 2 rings (SSSR count). The number of nitrogens with zero attached hydrogens (tertiary/aromatic N) is 1. The number of halogens is 1. The van der Waals surface area contributed by atoms with Crippen LogP contribution in [0.25, 0.3) is 0 Å². The Morgan fingerprint density at radius 3 is 2.81 bits per heavy atom. The highest BCUT2D eigenvalue weighted by Gasteiger charge is 2.16. The monoisotopic (exact) mass is 300 g/mol. The number of amides is 1. The Morgan fingerprint density at radius 2 is 2.19 bits per heavy atom. The average molecular weight is 301 g/mol. The fourth-order valence-corrected chi connectivity index (χ4v) is 2.96. The fraction of sp³-hybridized carbons (Fsp3) is 0.455. The van der Waals surface area contributed by atoms with Gasteiger partial charge >= 0.3 is 0 Å². The van der Waals surface area contributed by atoms with E-state index in [-0.39, 0.29) is 5.91 Å². The smallest absolute Gasteiger partial charge is 0.253 e. The summed E-state index contributed by atoms with van der Waals surface area (Å²) in [5.74, 6) is 2.27. The van der Waals surface area contributed by atoms with Crippen LogP contribution in [-0.4, -0.2) is 28.4 Å². The lowest BCUT2D eigenvalue weighted by atomic mass is 10.1. The third kappa shape index (κ3) is 3.22. The van der Waals surface area contributed by atoms with Gasteiger partial charge in [-0.1, -0.05) is 0 Å². The van der Waals surface area contributed by atoms with E-state index in [4.69, 9.17) is 0 Å². The molecule has 0 radical (unpaired) electrons. The molecule has 1 saturated heterocycles. The van der Waals surface area contributed by atoms with Crippen molar-refractivity contribution < 1.29 is 4.79 Å². The van der Waals surface area contributed by atoms with Crippen molar-refractivity contribution in [1.29, 1.82) is 0 Å². The number of carbonyl (C=O) groups is 1. The van der Waals surface area contributed by atoms with Crippen LogP contribution in [0.15, 0.2) is 22.9 Å². The number of aromatic nitrogens is 1. The molecule has 1 aromatic heterocycles. The van der Waals surface area contributed by atoms with E-state index in [0.29, 0.717) is 11.6 Å². The summed E-state index contributed by atoms with van der Waals surface area (Å²) >= 11 is 5.20. The van der Waals surface area contributed by atoms with Gasteiger partial charge in [0.2, 0.25) is 0 Å². The molecule has 1 aromatic rings. The molecule has 0 atom stereocenters. The Morgan fingerprint density at radius 1 is 1.44 bits per heavy atom. The molecule has 16 heavy (non-hydrogen) atoms. The predicted molar refractivity (Wildman–Crippen MR) is 69.8 cm³/mol. The molecule has 1 aliphatic heterocycles. The molecule has 3 nitrogen and oxygen atoms in total. The first-order valence-electron chi connectivity index (χ1n) is 5.26. The molecular weight excluding hydrogens is 288 g/mol. The van der Waals surface area contributed by atoms with Crippen LogP contribution in [0.2, 0.25) is 0 Å². The van der Waals surface area contributed by atoms with Crippen LogP contribution in [0.3, 0.4) is 0 Å². The SMILES string of the molecule is O=C(NC1CCSCC1)c1ccc(Br)nc1. The van der Waals surface area contributed by atoms with E-state index >= 15 is 0 Å². The molecule has 0 bridgehead atoms. The first kappa shape index (κ1) is 11.9. The maximum absolute atomic E-state index is 11.9. The number of rotatable bonds is 2. The van der Waals surface area contributed by atoms with E-state index in [9.17, 15) is 4.79 Å². The van der Waals surface area contributed by atoms with Gasteiger partial charge in [0.05, 0.1) is 5.56 Å². The number of carbonyl (C=O) groups excluding carboxylic acids is 1. The Bertz CT molecular complexity index is 363. The lowest BCUT2D eigenvalue weighted by Gasteiger charge is -2.22. The minimum atomic E-state index is -0.0168. The topological polar surface area (TPSA) is 42.0 Å². The highest BCUT2D eigenvalue weighted by Crippen LogP contribution is 2.17. The zero-order chi connectivity index (χ0) is 11.4. The molecule has 1 aliphatic rings. The van der Waals surface area contributed by atoms with Crippen molar-refractivity contribution in [1.82, 2.24) is 10.3 Å². The number of hydrogen-bond acceptors (Lipinski definition) is 3. The summed E-state index contributed by atoms with van der Waals surface area (Å²) in [6.07, 6.45) is 3.73. The average Bonchev–Trinajstić information content (AvgIpc) is 2.31. The predicted octanol–water partition coefficient (Wildman–Crippen LogP) is 2.47. The molecule has 1 fully saturated rings. The van der Waals surface area contributed by atoms with Crippen LogP contribution in [-0.2, 0) is 0 Å². The number of hydrogen-bond donors (Lipinski definition) is 1. The molecule has 0 spiro atoms. The van der Waals surface area contributed by atoms with E-state index in [1.165, 1.54) is 0 Å². The molecule has 5 heteroatoms. The van der Waals surface area contributed by atoms with E-state index in [1.54, 1.807) is 18.3 Å². The molecule has 0 aliphatic carbocycles. The summed E-state index contributed by atoms with van der Waals surface area (Å²) in [5.41, 5.74) is 0.626. The van der Waals surface area contributed by atoms with Crippen LogP contribution < -0.4 is 5.32 Å². The van der Waals surface area contributed by atoms with Crippen molar-refractivity contribution in [3.63, 3.8) is 0 Å². The maximum atomic E-state index is 11.9. The lowest BCUT2D eigenvalue weighted by molar-refractivity contribution is 0.0934. The summed E-state index contributed by atoms with van der Waals surface area (Å²) < 4.78 is 0.748. The van der Waals surface area contributed by atoms with E-state index < -0.39 is 0 Å². The van der Waals surface area contributed by atoms with E-state index in [2.05, 4.69) is 26.2 Å². The van der Waals surface area contributed by atoms with Gasteiger partial charge in [0.25, 0.3) is 5.91 Å². The number of pyridine rings is 1. The van der Waals surface area contributed by atoms with Crippen LogP contribution >= 0.6 is 27.7 Å². The Balaban J connectivity index is 1.94. The zero-order valence-electron chi connectivity index (χ0n) is 8.78. The zero-order valence-corrected chi connectivity index (χ0v) is 11.2. The first-order valence-corrected chi connectivity index (χ1v) is 7.20. The van der Waals surface area contributed by atoms with Crippen molar-refractivity contribution in [2.24, 2.45) is 0 Å². The quantitative estimate of drug-likeness (QED) is 0.853. The van der Waals surface area contributed by atoms with Crippen LogP contribution in [0.1, 0.15) is 23.2 Å². The Labute approximate surface area is 108 Å². The minimum absolute atomic E-state index is 0.0168. The van der Waals surface area contributed by atoms with Gasteiger partial charge in [-0.15, -0.1) is 0 Å². The van der Waals surface area contributed by atoms with Gasteiger partial charge < -0.3 is 5.32 Å². The summed E-state index contributed by atoms with van der Waals surface area (Å²) in [6.45, 7) is 0. The standard InChI is InChI=1S/C11H13BrN2OS/c12-10-2-1-8(7-13-10)11(15)14-9-3-5-16-6-4-9/h1-2,7,9H,3-6H2,(H,14,15). The summed E-state index contributed by atoms with van der Waals surface area (Å²) in [5, 5.41) is 3.05. The summed E-state index contributed by atoms with van der Waals surface area (Å²) in [6, 6.07) is 3.90. The number of nitrogens with one attached hydrogen (secondary N) is 1. The van der Waals surface area contributed by atoms with Gasteiger partial charge in [0, 0.05) is 12.2 Å². The van der Waals surface area contributed by atoms with Gasteiger partial charge in [-0.2, -0.15) is 11.8 Å². The summed E-state index contributed by atoms with van der Waals surface area (Å²) in [4.78, 5) is 15.9. The Hall–Kier alpha value is -0.550. The molecule has 86 valence electrons. The first-order chi connectivity index (χ1) is 7.75. The van der Waals surface area contributed by atoms with Crippen LogP contribution in [0, 0.1) is 0 Å². The molecule has 1 amide bonds. The van der Waals surface area contributed by atoms with E-state index in [0.717, 1.165) is 29.0 Å². The van der Waals surface area contributed by atoms with Crippen molar-refractivity contribution in [3.8, 4) is 0 Å². The largest absolute Gasteiger partial charge is 0.349 e. The summed E-state index contributed by atoms with van der Waals surface area (Å²) in [7, 11) is 0. The second-order valence-electron chi connectivity index (χ2n) is 3.73. The number of thioether (sulfide) groups is 1. The van der Waals surface area contributed by atoms with Crippen molar-refractivity contribution in [2.45, 2.75) is 18.9 Å². The molecular formula is C11H13BrN2OS. The van der Waals surface area contributed by atoms with Crippen LogP contribution in [0.4, 0.5) is 0 Å². The van der Waals surface area contributed by atoms with E-state index in [1.807, 2.05) is 11.8 Å². The lowest BCUT2D eigenvalue weighted by Crippen LogP contribution is -2.37. The minimum Gasteiger partial charge on any atom is -0.349 e. The van der Waals surface area contributed by atoms with Gasteiger partial charge in [-0.3, -0.25) is 4.79 Å². The van der Waals surface area contributed by atoms with Crippen molar-refractivity contribution in [3.05, 3.63) is 28.5 Å². The molecule has 2 heterocycles. The third-order valence-electron chi connectivity index (χ3n) is 2.55. The highest BCUT2D eigenvalue weighted by atomic mass is 79.9. The Kier molecular flexibility index (Phi) is 4.23. The normalized spacial score (nSPS) is 17.1. The van der Waals surface area contributed by atoms with Crippen molar-refractivity contribution in [2.75, 3.05) is 11.5 Å². The van der Waals surface area contributed by atoms with Gasteiger partial charge in [-0.05, 0) is 52.4 Å². The molecule has 0 unspecified atom stereocenters. The fourth-order valence-electron chi connectivity index (χ4n) is 1.62. The third-order valence-corrected chi connectivity index (χ3v) is 4.06. The van der Waals surface area contributed by atoms with Gasteiger partial charge in [0.1, 0.15) is 4.60 Å². The second-order valence-corrected chi connectivity index (χ2v) is 5.77. The van der Waals surface area contributed by atoms with Gasteiger partial charge in [0.15, 0.2) is 0 Å².